The number of likely N-dealkylation sites (tertiary alicyclic amines) is 1. The number of aromatic nitrogens is 3. The number of aryl methyl sites for hydroxylation is 2. The second-order valence-electron chi connectivity index (χ2n) is 8.26. The molecule has 0 aliphatic carbocycles. The molecular formula is C23H29N5O. The number of rotatable bonds is 4. The highest BCUT2D eigenvalue weighted by atomic mass is 16.2. The second kappa shape index (κ2) is 7.85. The topological polar surface area (TPSA) is 77.0 Å². The summed E-state index contributed by atoms with van der Waals surface area (Å²) in [6, 6.07) is 12.1. The third kappa shape index (κ3) is 3.97. The minimum Gasteiger partial charge on any atom is -0.397 e. The van der Waals surface area contributed by atoms with Crippen molar-refractivity contribution >= 4 is 22.5 Å². The normalized spacial score (nSPS) is 18.2. The maximum Gasteiger partial charge on any atom is 0.224 e. The zero-order valence-corrected chi connectivity index (χ0v) is 17.4. The van der Waals surface area contributed by atoms with Gasteiger partial charge in [0.15, 0.2) is 0 Å². The number of fused-ring (bicyclic) bond motifs is 1. The van der Waals surface area contributed by atoms with Crippen molar-refractivity contribution < 1.29 is 4.79 Å². The predicted octanol–water partition coefficient (Wildman–Crippen LogP) is 3.99. The molecule has 2 atom stereocenters. The Hall–Kier alpha value is -2.89. The van der Waals surface area contributed by atoms with Crippen LogP contribution in [0.25, 0.3) is 10.9 Å². The highest BCUT2D eigenvalue weighted by Crippen LogP contribution is 2.32. The molecule has 0 saturated carbocycles. The van der Waals surface area contributed by atoms with E-state index in [1.165, 1.54) is 0 Å². The monoisotopic (exact) mass is 391 g/mol. The lowest BCUT2D eigenvalue weighted by molar-refractivity contribution is -0.133. The Morgan fingerprint density at radius 2 is 2.07 bits per heavy atom. The molecule has 152 valence electrons. The summed E-state index contributed by atoms with van der Waals surface area (Å²) in [5.74, 6) is 0.357. The number of carbonyl (C=O) groups is 1. The van der Waals surface area contributed by atoms with Crippen molar-refractivity contribution in [2.24, 2.45) is 0 Å². The molecule has 3 aromatic rings. The van der Waals surface area contributed by atoms with Gasteiger partial charge in [0.2, 0.25) is 5.91 Å². The lowest BCUT2D eigenvalue weighted by Crippen LogP contribution is -2.40. The predicted molar refractivity (Wildman–Crippen MR) is 116 cm³/mol. The molecule has 1 aromatic carbocycles. The standard InChI is InChI=1S/C23H29N5O/c1-15-11-16(2)28(26-15)17(3)12-22(29)27-10-6-8-19(14-27)23-20(24)13-18-7-4-5-9-21(18)25-23/h4-5,7,9,11,13,17,19H,6,8,10,12,14,24H2,1-3H3/t17-,19-/m0/s1. The van der Waals surface area contributed by atoms with Crippen molar-refractivity contribution in [1.29, 1.82) is 0 Å². The first-order chi connectivity index (χ1) is 13.9. The van der Waals surface area contributed by atoms with Gasteiger partial charge in [-0.25, -0.2) is 0 Å². The van der Waals surface area contributed by atoms with E-state index in [1.807, 2.05) is 59.8 Å². The highest BCUT2D eigenvalue weighted by Gasteiger charge is 2.28. The Bertz CT molecular complexity index is 1040. The lowest BCUT2D eigenvalue weighted by atomic mass is 9.92. The summed E-state index contributed by atoms with van der Waals surface area (Å²) in [7, 11) is 0. The fourth-order valence-corrected chi connectivity index (χ4v) is 4.46. The van der Waals surface area contributed by atoms with Gasteiger partial charge < -0.3 is 10.6 Å². The van der Waals surface area contributed by atoms with Crippen LogP contribution in [-0.4, -0.2) is 38.7 Å². The Morgan fingerprint density at radius 1 is 1.28 bits per heavy atom. The molecule has 4 rings (SSSR count). The van der Waals surface area contributed by atoms with Gasteiger partial charge in [0.05, 0.1) is 28.6 Å². The maximum absolute atomic E-state index is 13.0. The van der Waals surface area contributed by atoms with E-state index in [9.17, 15) is 4.79 Å². The van der Waals surface area contributed by atoms with E-state index in [4.69, 9.17) is 10.7 Å². The van der Waals surface area contributed by atoms with E-state index in [1.54, 1.807) is 0 Å². The van der Waals surface area contributed by atoms with Crippen molar-refractivity contribution in [3.05, 3.63) is 53.5 Å². The molecule has 0 spiro atoms. The first-order valence-corrected chi connectivity index (χ1v) is 10.4. The van der Waals surface area contributed by atoms with Crippen LogP contribution in [0.15, 0.2) is 36.4 Å². The fraction of sp³-hybridized carbons (Fsp3) is 0.435. The summed E-state index contributed by atoms with van der Waals surface area (Å²) in [5.41, 5.74) is 11.0. The molecule has 1 aliphatic heterocycles. The van der Waals surface area contributed by atoms with Crippen molar-refractivity contribution in [3.63, 3.8) is 0 Å². The number of piperidine rings is 1. The van der Waals surface area contributed by atoms with Gasteiger partial charge in [0, 0.05) is 36.5 Å². The van der Waals surface area contributed by atoms with E-state index in [-0.39, 0.29) is 17.9 Å². The molecule has 0 radical (unpaired) electrons. The second-order valence-corrected chi connectivity index (χ2v) is 8.26. The Balaban J connectivity index is 1.49. The number of carbonyl (C=O) groups excluding carboxylic acids is 1. The van der Waals surface area contributed by atoms with Gasteiger partial charge in [0.25, 0.3) is 0 Å². The van der Waals surface area contributed by atoms with Gasteiger partial charge in [-0.3, -0.25) is 14.5 Å². The molecule has 0 unspecified atom stereocenters. The highest BCUT2D eigenvalue weighted by molar-refractivity contribution is 5.82. The molecule has 1 saturated heterocycles. The van der Waals surface area contributed by atoms with Gasteiger partial charge >= 0.3 is 0 Å². The molecule has 1 aliphatic rings. The van der Waals surface area contributed by atoms with Crippen LogP contribution in [0.3, 0.4) is 0 Å². The number of hydrogen-bond acceptors (Lipinski definition) is 4. The quantitative estimate of drug-likeness (QED) is 0.729. The zero-order valence-electron chi connectivity index (χ0n) is 17.4. The Kier molecular flexibility index (Phi) is 5.26. The van der Waals surface area contributed by atoms with E-state index in [0.29, 0.717) is 13.0 Å². The summed E-state index contributed by atoms with van der Waals surface area (Å²) >= 11 is 0. The van der Waals surface area contributed by atoms with Crippen LogP contribution >= 0.6 is 0 Å². The van der Waals surface area contributed by atoms with E-state index >= 15 is 0 Å². The van der Waals surface area contributed by atoms with Crippen molar-refractivity contribution in [2.75, 3.05) is 18.8 Å². The van der Waals surface area contributed by atoms with Crippen LogP contribution in [-0.2, 0) is 4.79 Å². The van der Waals surface area contributed by atoms with E-state index < -0.39 is 0 Å². The molecule has 6 heteroatoms. The molecule has 6 nitrogen and oxygen atoms in total. The number of para-hydroxylation sites is 1. The van der Waals surface area contributed by atoms with Crippen LogP contribution in [0.1, 0.15) is 55.2 Å². The number of amides is 1. The van der Waals surface area contributed by atoms with Crippen LogP contribution in [0.2, 0.25) is 0 Å². The molecule has 0 bridgehead atoms. The third-order valence-corrected chi connectivity index (χ3v) is 5.88. The minimum absolute atomic E-state index is 0.0421. The average molecular weight is 392 g/mol. The van der Waals surface area contributed by atoms with Crippen LogP contribution < -0.4 is 5.73 Å². The number of nitrogens with zero attached hydrogens (tertiary/aromatic N) is 4. The van der Waals surface area contributed by atoms with Gasteiger partial charge in [-0.05, 0) is 51.8 Å². The minimum atomic E-state index is 0.0421. The summed E-state index contributed by atoms with van der Waals surface area (Å²) < 4.78 is 1.96. The Morgan fingerprint density at radius 3 is 2.83 bits per heavy atom. The summed E-state index contributed by atoms with van der Waals surface area (Å²) in [5, 5.41) is 5.58. The van der Waals surface area contributed by atoms with Gasteiger partial charge in [-0.2, -0.15) is 5.10 Å². The molecule has 1 fully saturated rings. The fourth-order valence-electron chi connectivity index (χ4n) is 4.46. The first-order valence-electron chi connectivity index (χ1n) is 10.4. The molecule has 1 amide bonds. The first kappa shape index (κ1) is 19.4. The van der Waals surface area contributed by atoms with Crippen LogP contribution in [0.4, 0.5) is 5.69 Å². The zero-order chi connectivity index (χ0) is 20.5. The van der Waals surface area contributed by atoms with E-state index in [2.05, 4.69) is 12.0 Å². The third-order valence-electron chi connectivity index (χ3n) is 5.88. The number of nitrogens with two attached hydrogens (primary N) is 1. The SMILES string of the molecule is Cc1cc(C)n([C@@H](C)CC(=O)N2CCC[C@H](c3nc4ccccc4cc3N)C2)n1. The Labute approximate surface area is 171 Å². The van der Waals surface area contributed by atoms with Gasteiger partial charge in [-0.1, -0.05) is 18.2 Å². The molecule has 2 aromatic heterocycles. The number of hydrogen-bond donors (Lipinski definition) is 1. The summed E-state index contributed by atoms with van der Waals surface area (Å²) in [4.78, 5) is 19.8. The van der Waals surface area contributed by atoms with Crippen molar-refractivity contribution in [1.82, 2.24) is 19.7 Å². The summed E-state index contributed by atoms with van der Waals surface area (Å²) in [6.07, 6.45) is 2.43. The number of pyridine rings is 1. The van der Waals surface area contributed by atoms with Crippen LogP contribution in [0, 0.1) is 13.8 Å². The molecular weight excluding hydrogens is 362 g/mol. The van der Waals surface area contributed by atoms with Gasteiger partial charge in [0.1, 0.15) is 0 Å². The van der Waals surface area contributed by atoms with Crippen molar-refractivity contribution in [3.8, 4) is 0 Å². The molecule has 2 N–H and O–H groups in total. The average Bonchev–Trinajstić information content (AvgIpc) is 3.05. The molecule has 3 heterocycles. The summed E-state index contributed by atoms with van der Waals surface area (Å²) in [6.45, 7) is 7.55. The largest absolute Gasteiger partial charge is 0.397 e. The number of anilines is 1. The molecule has 29 heavy (non-hydrogen) atoms. The smallest absolute Gasteiger partial charge is 0.224 e. The van der Waals surface area contributed by atoms with Crippen molar-refractivity contribution in [2.45, 2.75) is 52.0 Å². The van der Waals surface area contributed by atoms with E-state index in [0.717, 1.165) is 53.1 Å². The number of benzene rings is 1. The van der Waals surface area contributed by atoms with Crippen LogP contribution in [0.5, 0.6) is 0 Å². The van der Waals surface area contributed by atoms with Gasteiger partial charge in [-0.15, -0.1) is 0 Å². The lowest BCUT2D eigenvalue weighted by Gasteiger charge is -2.33. The maximum atomic E-state index is 13.0. The number of nitrogen functional groups attached to an aromatic ring is 1.